The number of hydrogen-bond acceptors (Lipinski definition) is 3. The number of carboxylic acid groups (broad SMARTS) is 1. The number of likely N-dealkylation sites (N-methyl/N-ethyl adjacent to an activating group) is 1. The quantitative estimate of drug-likeness (QED) is 0.850. The minimum absolute atomic E-state index is 0.0939. The minimum Gasteiger partial charge on any atom is -0.478 e. The van der Waals surface area contributed by atoms with E-state index in [1.807, 2.05) is 0 Å². The molecule has 0 bridgehead atoms. The van der Waals surface area contributed by atoms with E-state index in [0.717, 1.165) is 5.56 Å². The Hall–Kier alpha value is -2.08. The van der Waals surface area contributed by atoms with Gasteiger partial charge in [-0.3, -0.25) is 0 Å². The van der Waals surface area contributed by atoms with Crippen molar-refractivity contribution in [2.24, 2.45) is 0 Å². The van der Waals surface area contributed by atoms with Crippen LogP contribution in [0, 0.1) is 0 Å². The van der Waals surface area contributed by atoms with E-state index >= 15 is 0 Å². The average molecular weight is 280 g/mol. The van der Waals surface area contributed by atoms with Gasteiger partial charge in [0.05, 0.1) is 18.2 Å². The second-order valence-corrected chi connectivity index (χ2v) is 4.78. The number of urea groups is 1. The van der Waals surface area contributed by atoms with Crippen LogP contribution in [0.4, 0.5) is 4.79 Å². The molecule has 1 aromatic carbocycles. The molecule has 0 saturated heterocycles. The zero-order valence-corrected chi connectivity index (χ0v) is 11.9. The van der Waals surface area contributed by atoms with Gasteiger partial charge in [-0.05, 0) is 24.6 Å². The molecule has 0 radical (unpaired) electrons. The molecule has 0 saturated carbocycles. The summed E-state index contributed by atoms with van der Waals surface area (Å²) in [6, 6.07) is 5.94. The molecule has 0 aliphatic carbocycles. The maximum absolute atomic E-state index is 12.1. The number of aliphatic hydroxyl groups excluding tert-OH is 1. The maximum atomic E-state index is 12.1. The zero-order valence-electron chi connectivity index (χ0n) is 11.9. The van der Waals surface area contributed by atoms with E-state index in [2.05, 4.69) is 0 Å². The fourth-order valence-electron chi connectivity index (χ4n) is 1.67. The number of rotatable bonds is 5. The highest BCUT2D eigenvalue weighted by molar-refractivity contribution is 5.87. The van der Waals surface area contributed by atoms with Crippen molar-refractivity contribution in [1.29, 1.82) is 0 Å². The molecule has 1 aromatic rings. The number of nitrogens with zero attached hydrogens (tertiary/aromatic N) is 2. The van der Waals surface area contributed by atoms with Crippen molar-refractivity contribution in [2.45, 2.75) is 19.5 Å². The van der Waals surface area contributed by atoms with Crippen LogP contribution in [0.3, 0.4) is 0 Å². The number of aromatic carboxylic acids is 1. The van der Waals surface area contributed by atoms with Crippen molar-refractivity contribution in [3.8, 4) is 0 Å². The molecular formula is C14H20N2O4. The van der Waals surface area contributed by atoms with Crippen LogP contribution in [0.1, 0.15) is 22.8 Å². The van der Waals surface area contributed by atoms with E-state index in [9.17, 15) is 9.59 Å². The molecule has 1 atom stereocenters. The van der Waals surface area contributed by atoms with Crippen LogP contribution in [0.5, 0.6) is 0 Å². The highest BCUT2D eigenvalue weighted by Crippen LogP contribution is 2.09. The maximum Gasteiger partial charge on any atom is 0.335 e. The van der Waals surface area contributed by atoms with Crippen LogP contribution in [-0.2, 0) is 6.54 Å². The van der Waals surface area contributed by atoms with E-state index < -0.39 is 5.97 Å². The Morgan fingerprint density at radius 3 is 2.20 bits per heavy atom. The molecule has 0 spiro atoms. The predicted molar refractivity (Wildman–Crippen MR) is 74.6 cm³/mol. The number of aliphatic hydroxyl groups is 1. The Morgan fingerprint density at radius 2 is 1.75 bits per heavy atom. The fourth-order valence-corrected chi connectivity index (χ4v) is 1.67. The SMILES string of the molecule is CC(CO)N(C)C(=O)N(C)Cc1ccc(C(=O)O)cc1. The van der Waals surface area contributed by atoms with Gasteiger partial charge >= 0.3 is 12.0 Å². The molecule has 0 aromatic heterocycles. The zero-order chi connectivity index (χ0) is 15.3. The molecule has 0 aliphatic heterocycles. The molecular weight excluding hydrogens is 260 g/mol. The summed E-state index contributed by atoms with van der Waals surface area (Å²) in [6.07, 6.45) is 0. The van der Waals surface area contributed by atoms with Gasteiger partial charge in [0.1, 0.15) is 0 Å². The fraction of sp³-hybridized carbons (Fsp3) is 0.429. The summed E-state index contributed by atoms with van der Waals surface area (Å²) in [7, 11) is 3.29. The Morgan fingerprint density at radius 1 is 1.20 bits per heavy atom. The standard InChI is InChI=1S/C14H20N2O4/c1-10(9-17)16(3)14(20)15(2)8-11-4-6-12(7-5-11)13(18)19/h4-7,10,17H,8-9H2,1-3H3,(H,18,19). The van der Waals surface area contributed by atoms with Gasteiger partial charge in [-0.15, -0.1) is 0 Å². The lowest BCUT2D eigenvalue weighted by Gasteiger charge is -2.28. The molecule has 0 heterocycles. The van der Waals surface area contributed by atoms with E-state index in [4.69, 9.17) is 10.2 Å². The van der Waals surface area contributed by atoms with Crippen molar-refractivity contribution < 1.29 is 19.8 Å². The van der Waals surface area contributed by atoms with E-state index in [1.165, 1.54) is 21.9 Å². The number of benzene rings is 1. The first kappa shape index (κ1) is 16.0. The van der Waals surface area contributed by atoms with Crippen molar-refractivity contribution in [3.63, 3.8) is 0 Å². The van der Waals surface area contributed by atoms with Crippen molar-refractivity contribution >= 4 is 12.0 Å². The van der Waals surface area contributed by atoms with Crippen LogP contribution < -0.4 is 0 Å². The first-order valence-electron chi connectivity index (χ1n) is 6.27. The van der Waals surface area contributed by atoms with Crippen molar-refractivity contribution in [1.82, 2.24) is 9.80 Å². The number of carbonyl (C=O) groups excluding carboxylic acids is 1. The summed E-state index contributed by atoms with van der Waals surface area (Å²) >= 11 is 0. The second-order valence-electron chi connectivity index (χ2n) is 4.78. The van der Waals surface area contributed by atoms with E-state index in [0.29, 0.717) is 6.54 Å². The van der Waals surface area contributed by atoms with Crippen LogP contribution >= 0.6 is 0 Å². The lowest BCUT2D eigenvalue weighted by Crippen LogP contribution is -2.44. The van der Waals surface area contributed by atoms with Gasteiger partial charge in [0.25, 0.3) is 0 Å². The molecule has 2 N–H and O–H groups in total. The normalized spacial score (nSPS) is 11.8. The monoisotopic (exact) mass is 280 g/mol. The lowest BCUT2D eigenvalue weighted by atomic mass is 10.1. The Labute approximate surface area is 118 Å². The minimum atomic E-state index is -0.975. The molecule has 20 heavy (non-hydrogen) atoms. The summed E-state index contributed by atoms with van der Waals surface area (Å²) in [5.41, 5.74) is 1.06. The molecule has 6 heteroatoms. The van der Waals surface area contributed by atoms with Gasteiger partial charge in [-0.25, -0.2) is 9.59 Å². The topological polar surface area (TPSA) is 81.1 Å². The average Bonchev–Trinajstić information content (AvgIpc) is 2.45. The predicted octanol–water partition coefficient (Wildman–Crippen LogP) is 1.25. The van der Waals surface area contributed by atoms with Crippen LogP contribution in [0.2, 0.25) is 0 Å². The van der Waals surface area contributed by atoms with Gasteiger partial charge in [0.15, 0.2) is 0 Å². The van der Waals surface area contributed by atoms with E-state index in [-0.39, 0.29) is 24.2 Å². The van der Waals surface area contributed by atoms with E-state index in [1.54, 1.807) is 33.2 Å². The van der Waals surface area contributed by atoms with Crippen molar-refractivity contribution in [2.75, 3.05) is 20.7 Å². The summed E-state index contributed by atoms with van der Waals surface area (Å²) in [5, 5.41) is 17.9. The van der Waals surface area contributed by atoms with Crippen LogP contribution in [-0.4, -0.2) is 58.8 Å². The van der Waals surface area contributed by atoms with Crippen molar-refractivity contribution in [3.05, 3.63) is 35.4 Å². The Balaban J connectivity index is 2.68. The number of carboxylic acids is 1. The third-order valence-electron chi connectivity index (χ3n) is 3.17. The molecule has 0 aliphatic rings. The van der Waals surface area contributed by atoms with Crippen LogP contribution in [0.25, 0.3) is 0 Å². The second kappa shape index (κ2) is 6.91. The lowest BCUT2D eigenvalue weighted by molar-refractivity contribution is 0.0696. The molecule has 110 valence electrons. The molecule has 0 fully saturated rings. The largest absolute Gasteiger partial charge is 0.478 e. The first-order chi connectivity index (χ1) is 9.36. The molecule has 2 amide bonds. The van der Waals surface area contributed by atoms with Gasteiger partial charge in [0.2, 0.25) is 0 Å². The first-order valence-corrected chi connectivity index (χ1v) is 6.27. The molecule has 1 unspecified atom stereocenters. The van der Waals surface area contributed by atoms with Crippen LogP contribution in [0.15, 0.2) is 24.3 Å². The van der Waals surface area contributed by atoms with Gasteiger partial charge < -0.3 is 20.0 Å². The summed E-state index contributed by atoms with van der Waals surface area (Å²) < 4.78 is 0. The smallest absolute Gasteiger partial charge is 0.335 e. The third-order valence-corrected chi connectivity index (χ3v) is 3.17. The Kier molecular flexibility index (Phi) is 5.52. The third kappa shape index (κ3) is 3.96. The van der Waals surface area contributed by atoms with Gasteiger partial charge in [-0.1, -0.05) is 12.1 Å². The highest BCUT2D eigenvalue weighted by atomic mass is 16.4. The molecule has 6 nitrogen and oxygen atoms in total. The summed E-state index contributed by atoms with van der Waals surface area (Å²) in [5.74, 6) is -0.975. The Bertz CT molecular complexity index is 473. The summed E-state index contributed by atoms with van der Waals surface area (Å²) in [4.78, 5) is 25.8. The number of hydrogen-bond donors (Lipinski definition) is 2. The summed E-state index contributed by atoms with van der Waals surface area (Å²) in [6.45, 7) is 2.04. The number of amides is 2. The van der Waals surface area contributed by atoms with Gasteiger partial charge in [0, 0.05) is 20.6 Å². The highest BCUT2D eigenvalue weighted by Gasteiger charge is 2.18. The van der Waals surface area contributed by atoms with Gasteiger partial charge in [-0.2, -0.15) is 0 Å². The number of carbonyl (C=O) groups is 2. The molecule has 1 rings (SSSR count).